The molecule has 8 nitrogen and oxygen atoms in total. The Hall–Kier alpha value is -2.13. The monoisotopic (exact) mass is 254 g/mol. The second kappa shape index (κ2) is 4.03. The van der Waals surface area contributed by atoms with E-state index < -0.39 is 10.0 Å². The van der Waals surface area contributed by atoms with E-state index in [1.54, 1.807) is 12.1 Å². The molecule has 0 unspecified atom stereocenters. The normalized spacial score (nSPS) is 11.4. The quantitative estimate of drug-likeness (QED) is 0.596. The van der Waals surface area contributed by atoms with Gasteiger partial charge in [-0.25, -0.2) is 18.7 Å². The van der Waals surface area contributed by atoms with Crippen LogP contribution in [0.15, 0.2) is 29.2 Å². The summed E-state index contributed by atoms with van der Waals surface area (Å²) < 4.78 is 22.3. The van der Waals surface area contributed by atoms with E-state index >= 15 is 0 Å². The summed E-state index contributed by atoms with van der Waals surface area (Å²) in [5, 5.41) is 14.0. The van der Waals surface area contributed by atoms with E-state index in [2.05, 4.69) is 20.5 Å². The number of aromatic amines is 1. The highest BCUT2D eigenvalue weighted by atomic mass is 32.2. The first-order valence-corrected chi connectivity index (χ1v) is 6.07. The van der Waals surface area contributed by atoms with Crippen LogP contribution >= 0.6 is 0 Å². The molecule has 6 N–H and O–H groups in total. The Labute approximate surface area is 97.1 Å². The lowest BCUT2D eigenvalue weighted by Gasteiger charge is -2.03. The van der Waals surface area contributed by atoms with Gasteiger partial charge >= 0.3 is 0 Å². The van der Waals surface area contributed by atoms with Crippen molar-refractivity contribution in [2.45, 2.75) is 4.90 Å². The Kier molecular flexibility index (Phi) is 2.69. The number of nitrogens with two attached hydrogens (primary N) is 2. The predicted molar refractivity (Wildman–Crippen MR) is 61.9 cm³/mol. The smallest absolute Gasteiger partial charge is 0.248 e. The maximum absolute atomic E-state index is 11.1. The molecule has 0 spiro atoms. The molecule has 0 aliphatic carbocycles. The summed E-state index contributed by atoms with van der Waals surface area (Å²) in [6.07, 6.45) is 0. The van der Waals surface area contributed by atoms with Gasteiger partial charge in [-0.1, -0.05) is 6.07 Å². The predicted octanol–water partition coefficient (Wildman–Crippen LogP) is -0.222. The molecule has 0 aliphatic heterocycles. The van der Waals surface area contributed by atoms with Gasteiger partial charge in [-0.2, -0.15) is 4.98 Å². The largest absolute Gasteiger partial charge is 0.368 e. The Balaban J connectivity index is 2.28. The molecule has 1 aromatic carbocycles. The van der Waals surface area contributed by atoms with Crippen molar-refractivity contribution in [1.29, 1.82) is 0 Å². The first kappa shape index (κ1) is 11.4. The molecule has 0 fully saturated rings. The Morgan fingerprint density at radius 1 is 1.35 bits per heavy atom. The molecule has 1 aromatic heterocycles. The van der Waals surface area contributed by atoms with Crippen molar-refractivity contribution in [2.24, 2.45) is 5.14 Å². The van der Waals surface area contributed by atoms with E-state index in [0.717, 1.165) is 0 Å². The first-order valence-electron chi connectivity index (χ1n) is 4.53. The van der Waals surface area contributed by atoms with Crippen LogP contribution in [0.1, 0.15) is 0 Å². The molecule has 1 heterocycles. The van der Waals surface area contributed by atoms with Crippen molar-refractivity contribution in [1.82, 2.24) is 15.2 Å². The number of primary sulfonamides is 1. The zero-order valence-corrected chi connectivity index (χ0v) is 9.40. The molecule has 0 saturated carbocycles. The third kappa shape index (κ3) is 2.71. The van der Waals surface area contributed by atoms with Crippen molar-refractivity contribution in [3.8, 4) is 0 Å². The summed E-state index contributed by atoms with van der Waals surface area (Å²) in [5.41, 5.74) is 5.84. The van der Waals surface area contributed by atoms with Gasteiger partial charge in [-0.3, -0.25) is 0 Å². The molecule has 0 radical (unpaired) electrons. The van der Waals surface area contributed by atoms with Crippen LogP contribution in [-0.4, -0.2) is 23.6 Å². The molecular formula is C8H10N6O2S. The summed E-state index contributed by atoms with van der Waals surface area (Å²) in [6.45, 7) is 0. The summed E-state index contributed by atoms with van der Waals surface area (Å²) >= 11 is 0. The van der Waals surface area contributed by atoms with E-state index in [1.807, 2.05) is 0 Å². The molecule has 0 aliphatic rings. The van der Waals surface area contributed by atoms with Gasteiger partial charge in [0, 0.05) is 5.69 Å². The fourth-order valence-corrected chi connectivity index (χ4v) is 1.77. The van der Waals surface area contributed by atoms with E-state index in [-0.39, 0.29) is 16.8 Å². The van der Waals surface area contributed by atoms with Crippen molar-refractivity contribution in [2.75, 3.05) is 11.1 Å². The number of sulfonamides is 1. The number of nitrogen functional groups attached to an aromatic ring is 1. The highest BCUT2D eigenvalue weighted by Crippen LogP contribution is 2.17. The van der Waals surface area contributed by atoms with Gasteiger partial charge in [-0.15, -0.1) is 5.10 Å². The van der Waals surface area contributed by atoms with Crippen LogP contribution in [0.4, 0.5) is 17.6 Å². The maximum atomic E-state index is 11.1. The number of rotatable bonds is 3. The zero-order valence-electron chi connectivity index (χ0n) is 8.58. The number of H-pyrrole nitrogens is 1. The van der Waals surface area contributed by atoms with Gasteiger partial charge in [0.05, 0.1) is 4.90 Å². The minimum Gasteiger partial charge on any atom is -0.368 e. The first-order chi connectivity index (χ1) is 7.95. The number of nitrogens with zero attached hydrogens (tertiary/aromatic N) is 2. The van der Waals surface area contributed by atoms with Crippen molar-refractivity contribution in [3.63, 3.8) is 0 Å². The number of aromatic nitrogens is 3. The molecule has 0 amide bonds. The van der Waals surface area contributed by atoms with Crippen LogP contribution in [0.5, 0.6) is 0 Å². The molecule has 2 rings (SSSR count). The van der Waals surface area contributed by atoms with Crippen LogP contribution in [0, 0.1) is 0 Å². The van der Waals surface area contributed by atoms with Crippen LogP contribution in [0.25, 0.3) is 0 Å². The van der Waals surface area contributed by atoms with Crippen LogP contribution in [0.2, 0.25) is 0 Å². The Morgan fingerprint density at radius 2 is 2.12 bits per heavy atom. The van der Waals surface area contributed by atoms with Crippen molar-refractivity contribution >= 4 is 27.6 Å². The standard InChI is InChI=1S/C8H10N6O2S/c9-7-12-8(14-13-7)11-5-2-1-3-6(4-5)17(10,15)16/h1-4H,(H2,10,15,16)(H4,9,11,12,13,14). The average Bonchev–Trinajstić information content (AvgIpc) is 2.63. The molecule has 0 saturated heterocycles. The van der Waals surface area contributed by atoms with Gasteiger partial charge in [-0.05, 0) is 18.2 Å². The van der Waals surface area contributed by atoms with Crippen LogP contribution in [-0.2, 0) is 10.0 Å². The van der Waals surface area contributed by atoms with Gasteiger partial charge in [0.1, 0.15) is 0 Å². The lowest BCUT2D eigenvalue weighted by molar-refractivity contribution is 0.598. The summed E-state index contributed by atoms with van der Waals surface area (Å²) in [6, 6.07) is 5.98. The SMILES string of the molecule is Nc1nc(Nc2cccc(S(N)(=O)=O)c2)n[nH]1. The summed E-state index contributed by atoms with van der Waals surface area (Å²) in [5.74, 6) is 0.407. The van der Waals surface area contributed by atoms with Gasteiger partial charge < -0.3 is 11.1 Å². The number of benzene rings is 1. The molecule has 0 bridgehead atoms. The second-order valence-electron chi connectivity index (χ2n) is 3.24. The maximum Gasteiger partial charge on any atom is 0.248 e. The van der Waals surface area contributed by atoms with Crippen molar-refractivity contribution < 1.29 is 8.42 Å². The lowest BCUT2D eigenvalue weighted by Crippen LogP contribution is -2.12. The minimum atomic E-state index is -3.73. The highest BCUT2D eigenvalue weighted by molar-refractivity contribution is 7.89. The topological polar surface area (TPSA) is 140 Å². The Bertz CT molecular complexity index is 635. The molecule has 2 aromatic rings. The van der Waals surface area contributed by atoms with Gasteiger partial charge in [0.25, 0.3) is 0 Å². The van der Waals surface area contributed by atoms with E-state index in [4.69, 9.17) is 10.9 Å². The molecule has 90 valence electrons. The summed E-state index contributed by atoms with van der Waals surface area (Å²) in [4.78, 5) is 3.82. The molecule has 17 heavy (non-hydrogen) atoms. The number of nitrogens with one attached hydrogen (secondary N) is 2. The van der Waals surface area contributed by atoms with E-state index in [1.165, 1.54) is 12.1 Å². The van der Waals surface area contributed by atoms with Crippen LogP contribution in [0.3, 0.4) is 0 Å². The molecule has 0 atom stereocenters. The Morgan fingerprint density at radius 3 is 2.71 bits per heavy atom. The van der Waals surface area contributed by atoms with E-state index in [0.29, 0.717) is 5.69 Å². The number of anilines is 3. The minimum absolute atomic E-state index is 0.00556. The average molecular weight is 254 g/mol. The van der Waals surface area contributed by atoms with Crippen molar-refractivity contribution in [3.05, 3.63) is 24.3 Å². The molecule has 9 heteroatoms. The second-order valence-corrected chi connectivity index (χ2v) is 4.80. The fourth-order valence-electron chi connectivity index (χ4n) is 1.21. The third-order valence-corrected chi connectivity index (χ3v) is 2.83. The fraction of sp³-hybridized carbons (Fsp3) is 0. The van der Waals surface area contributed by atoms with Crippen LogP contribution < -0.4 is 16.2 Å². The zero-order chi connectivity index (χ0) is 12.5. The van der Waals surface area contributed by atoms with E-state index in [9.17, 15) is 8.42 Å². The lowest BCUT2D eigenvalue weighted by atomic mass is 10.3. The molecular weight excluding hydrogens is 244 g/mol. The highest BCUT2D eigenvalue weighted by Gasteiger charge is 2.08. The number of hydrogen-bond acceptors (Lipinski definition) is 6. The van der Waals surface area contributed by atoms with Gasteiger partial charge in [0.15, 0.2) is 0 Å². The third-order valence-electron chi connectivity index (χ3n) is 1.92. The number of hydrogen-bond donors (Lipinski definition) is 4. The van der Waals surface area contributed by atoms with Gasteiger partial charge in [0.2, 0.25) is 21.9 Å². The summed E-state index contributed by atoms with van der Waals surface area (Å²) in [7, 11) is -3.73.